The first-order valence-electron chi connectivity index (χ1n) is 6.09. The van der Waals surface area contributed by atoms with Crippen LogP contribution in [0.15, 0.2) is 40.9 Å². The second-order valence-electron chi connectivity index (χ2n) is 4.52. The van der Waals surface area contributed by atoms with Gasteiger partial charge < -0.3 is 5.32 Å². The molecule has 0 aliphatic heterocycles. The van der Waals surface area contributed by atoms with Gasteiger partial charge in [0.1, 0.15) is 5.82 Å². The Labute approximate surface area is 136 Å². The van der Waals surface area contributed by atoms with Gasteiger partial charge >= 0.3 is 0 Å². The quantitative estimate of drug-likeness (QED) is 0.716. The predicted molar refractivity (Wildman–Crippen MR) is 85.8 cm³/mol. The molecule has 0 amide bonds. The summed E-state index contributed by atoms with van der Waals surface area (Å²) in [6.45, 7) is 2.60. The van der Waals surface area contributed by atoms with Crippen LogP contribution in [-0.4, -0.2) is 0 Å². The second kappa shape index (κ2) is 6.90. The number of benzene rings is 2. The van der Waals surface area contributed by atoms with E-state index < -0.39 is 0 Å². The lowest BCUT2D eigenvalue weighted by Crippen LogP contribution is -2.18. The summed E-state index contributed by atoms with van der Waals surface area (Å²) in [5.41, 5.74) is 1.93. The van der Waals surface area contributed by atoms with E-state index in [9.17, 15) is 4.39 Å². The van der Waals surface area contributed by atoms with Gasteiger partial charge in [-0.15, -0.1) is 0 Å². The molecule has 1 unspecified atom stereocenters. The smallest absolute Gasteiger partial charge is 0.137 e. The van der Waals surface area contributed by atoms with Gasteiger partial charge in [0, 0.05) is 12.6 Å². The van der Waals surface area contributed by atoms with Gasteiger partial charge in [-0.25, -0.2) is 4.39 Å². The largest absolute Gasteiger partial charge is 0.306 e. The molecule has 1 N–H and O–H groups in total. The lowest BCUT2D eigenvalue weighted by atomic mass is 10.1. The highest BCUT2D eigenvalue weighted by Gasteiger charge is 2.08. The minimum Gasteiger partial charge on any atom is -0.306 e. The molecule has 0 aliphatic carbocycles. The van der Waals surface area contributed by atoms with Crippen LogP contribution in [0.2, 0.25) is 10.0 Å². The Hall–Kier alpha value is -0.610. The SMILES string of the molecule is CC(NCc1ccc(Br)c(F)c1)c1ccc(Cl)c(Cl)c1. The third-order valence-corrected chi connectivity index (χ3v) is 4.42. The average Bonchev–Trinajstić information content (AvgIpc) is 2.43. The summed E-state index contributed by atoms with van der Waals surface area (Å²) in [4.78, 5) is 0. The zero-order valence-corrected chi connectivity index (χ0v) is 13.9. The van der Waals surface area contributed by atoms with Gasteiger partial charge in [-0.05, 0) is 58.2 Å². The lowest BCUT2D eigenvalue weighted by Gasteiger charge is -2.15. The van der Waals surface area contributed by atoms with Crippen LogP contribution >= 0.6 is 39.1 Å². The number of hydrogen-bond acceptors (Lipinski definition) is 1. The fraction of sp³-hybridized carbons (Fsp3) is 0.200. The van der Waals surface area contributed by atoms with Crippen molar-refractivity contribution in [2.45, 2.75) is 19.5 Å². The summed E-state index contributed by atoms with van der Waals surface area (Å²) >= 11 is 15.0. The molecular formula is C15H13BrCl2FN. The van der Waals surface area contributed by atoms with Crippen LogP contribution in [-0.2, 0) is 6.54 Å². The van der Waals surface area contributed by atoms with Gasteiger partial charge in [-0.1, -0.05) is 35.3 Å². The highest BCUT2D eigenvalue weighted by Crippen LogP contribution is 2.25. The molecule has 0 radical (unpaired) electrons. The second-order valence-corrected chi connectivity index (χ2v) is 6.19. The van der Waals surface area contributed by atoms with E-state index in [0.717, 1.165) is 11.1 Å². The monoisotopic (exact) mass is 375 g/mol. The molecule has 0 aliphatic rings. The summed E-state index contributed by atoms with van der Waals surface area (Å²) in [6.07, 6.45) is 0. The van der Waals surface area contributed by atoms with Crippen LogP contribution in [0.4, 0.5) is 4.39 Å². The molecule has 0 heterocycles. The van der Waals surface area contributed by atoms with Crippen molar-refractivity contribution < 1.29 is 4.39 Å². The standard InChI is InChI=1S/C15H13BrCl2FN/c1-9(11-3-5-13(17)14(18)7-11)20-8-10-2-4-12(16)15(19)6-10/h2-7,9,20H,8H2,1H3. The predicted octanol–water partition coefficient (Wildman–Crippen LogP) is 5.75. The van der Waals surface area contributed by atoms with Crippen LogP contribution in [0.3, 0.4) is 0 Å². The van der Waals surface area contributed by atoms with Gasteiger partial charge in [-0.2, -0.15) is 0 Å². The summed E-state index contributed by atoms with van der Waals surface area (Å²) in [5, 5.41) is 4.40. The van der Waals surface area contributed by atoms with Crippen molar-refractivity contribution in [3.8, 4) is 0 Å². The minimum atomic E-state index is -0.258. The van der Waals surface area contributed by atoms with E-state index in [2.05, 4.69) is 21.2 Å². The molecule has 5 heteroatoms. The Balaban J connectivity index is 2.02. The molecule has 0 saturated heterocycles. The topological polar surface area (TPSA) is 12.0 Å². The zero-order valence-electron chi connectivity index (χ0n) is 10.8. The number of hydrogen-bond donors (Lipinski definition) is 1. The molecule has 20 heavy (non-hydrogen) atoms. The molecule has 1 atom stereocenters. The summed E-state index contributed by atoms with van der Waals surface area (Å²) in [7, 11) is 0. The first-order chi connectivity index (χ1) is 9.47. The van der Waals surface area contributed by atoms with E-state index in [1.165, 1.54) is 6.07 Å². The Bertz CT molecular complexity index is 619. The normalized spacial score (nSPS) is 12.4. The van der Waals surface area contributed by atoms with E-state index in [0.29, 0.717) is 21.1 Å². The number of nitrogens with one attached hydrogen (secondary N) is 1. The molecule has 2 aromatic rings. The van der Waals surface area contributed by atoms with Gasteiger partial charge in [0.05, 0.1) is 14.5 Å². The maximum atomic E-state index is 13.4. The van der Waals surface area contributed by atoms with E-state index in [1.54, 1.807) is 12.1 Å². The van der Waals surface area contributed by atoms with Crippen molar-refractivity contribution in [1.82, 2.24) is 5.32 Å². The third-order valence-electron chi connectivity index (χ3n) is 3.04. The molecule has 0 bridgehead atoms. The highest BCUT2D eigenvalue weighted by atomic mass is 79.9. The number of halogens is 4. The molecule has 2 aromatic carbocycles. The molecule has 2 rings (SSSR count). The molecule has 0 fully saturated rings. The molecule has 0 saturated carbocycles. The van der Waals surface area contributed by atoms with E-state index >= 15 is 0 Å². The zero-order chi connectivity index (χ0) is 14.7. The molecule has 1 nitrogen and oxygen atoms in total. The van der Waals surface area contributed by atoms with Crippen LogP contribution in [0.1, 0.15) is 24.1 Å². The van der Waals surface area contributed by atoms with E-state index in [4.69, 9.17) is 23.2 Å². The van der Waals surface area contributed by atoms with E-state index in [1.807, 2.05) is 25.1 Å². The van der Waals surface area contributed by atoms with Crippen molar-refractivity contribution in [3.05, 3.63) is 67.9 Å². The van der Waals surface area contributed by atoms with Crippen LogP contribution < -0.4 is 5.32 Å². The summed E-state index contributed by atoms with van der Waals surface area (Å²) < 4.78 is 13.9. The number of rotatable bonds is 4. The van der Waals surface area contributed by atoms with Crippen molar-refractivity contribution in [2.75, 3.05) is 0 Å². The van der Waals surface area contributed by atoms with Crippen molar-refractivity contribution in [1.29, 1.82) is 0 Å². The summed E-state index contributed by atoms with van der Waals surface area (Å²) in [6, 6.07) is 10.7. The Morgan fingerprint density at radius 2 is 1.90 bits per heavy atom. The van der Waals surface area contributed by atoms with Gasteiger partial charge in [0.2, 0.25) is 0 Å². The Morgan fingerprint density at radius 1 is 1.15 bits per heavy atom. The Morgan fingerprint density at radius 3 is 2.55 bits per heavy atom. The van der Waals surface area contributed by atoms with Crippen molar-refractivity contribution in [3.63, 3.8) is 0 Å². The van der Waals surface area contributed by atoms with Crippen LogP contribution in [0.25, 0.3) is 0 Å². The van der Waals surface area contributed by atoms with Gasteiger partial charge in [0.15, 0.2) is 0 Å². The van der Waals surface area contributed by atoms with Gasteiger partial charge in [0.25, 0.3) is 0 Å². The van der Waals surface area contributed by atoms with Crippen molar-refractivity contribution in [2.24, 2.45) is 0 Å². The van der Waals surface area contributed by atoms with Gasteiger partial charge in [-0.3, -0.25) is 0 Å². The fourth-order valence-electron chi connectivity index (χ4n) is 1.82. The maximum absolute atomic E-state index is 13.4. The average molecular weight is 377 g/mol. The molecule has 0 aromatic heterocycles. The summed E-state index contributed by atoms with van der Waals surface area (Å²) in [5.74, 6) is -0.258. The van der Waals surface area contributed by atoms with Crippen LogP contribution in [0, 0.1) is 5.82 Å². The molecular weight excluding hydrogens is 364 g/mol. The van der Waals surface area contributed by atoms with Crippen molar-refractivity contribution >= 4 is 39.1 Å². The third kappa shape index (κ3) is 3.95. The van der Waals surface area contributed by atoms with Crippen LogP contribution in [0.5, 0.6) is 0 Å². The highest BCUT2D eigenvalue weighted by molar-refractivity contribution is 9.10. The minimum absolute atomic E-state index is 0.0940. The molecule has 106 valence electrons. The first kappa shape index (κ1) is 15.8. The fourth-order valence-corrected chi connectivity index (χ4v) is 2.37. The Kier molecular flexibility index (Phi) is 5.44. The molecule has 0 spiro atoms. The lowest BCUT2D eigenvalue weighted by molar-refractivity contribution is 0.568. The first-order valence-corrected chi connectivity index (χ1v) is 7.64. The van der Waals surface area contributed by atoms with E-state index in [-0.39, 0.29) is 11.9 Å². The maximum Gasteiger partial charge on any atom is 0.137 e.